The van der Waals surface area contributed by atoms with E-state index in [4.69, 9.17) is 22.1 Å². The highest BCUT2D eigenvalue weighted by molar-refractivity contribution is 6.30. The van der Waals surface area contributed by atoms with Crippen LogP contribution in [-0.2, 0) is 6.61 Å². The fourth-order valence-corrected chi connectivity index (χ4v) is 1.32. The van der Waals surface area contributed by atoms with Crippen molar-refractivity contribution in [1.82, 2.24) is 9.97 Å². The average molecular weight is 254 g/mol. The predicted octanol–water partition coefficient (Wildman–Crippen LogP) is 2.43. The van der Waals surface area contributed by atoms with Gasteiger partial charge in [0.15, 0.2) is 0 Å². The maximum atomic E-state index is 13.2. The van der Waals surface area contributed by atoms with E-state index in [0.29, 0.717) is 5.02 Å². The lowest BCUT2D eigenvalue weighted by atomic mass is 10.2. The summed E-state index contributed by atoms with van der Waals surface area (Å²) in [5.41, 5.74) is 6.18. The number of hydrogen-bond acceptors (Lipinski definition) is 4. The van der Waals surface area contributed by atoms with Gasteiger partial charge in [-0.1, -0.05) is 23.7 Å². The smallest absolute Gasteiger partial charge is 0.255 e. The highest BCUT2D eigenvalue weighted by atomic mass is 35.5. The summed E-state index contributed by atoms with van der Waals surface area (Å²) in [4.78, 5) is 7.15. The SMILES string of the molecule is Nc1ncc(F)c(OCc2ccc(Cl)cc2)n1. The van der Waals surface area contributed by atoms with Gasteiger partial charge in [-0.2, -0.15) is 9.37 Å². The Morgan fingerprint density at radius 2 is 2.00 bits per heavy atom. The Morgan fingerprint density at radius 3 is 2.71 bits per heavy atom. The molecule has 0 aliphatic rings. The molecular weight excluding hydrogens is 245 g/mol. The van der Waals surface area contributed by atoms with Gasteiger partial charge in [-0.15, -0.1) is 0 Å². The molecule has 6 heteroatoms. The van der Waals surface area contributed by atoms with Crippen LogP contribution < -0.4 is 10.5 Å². The lowest BCUT2D eigenvalue weighted by molar-refractivity contribution is 0.277. The van der Waals surface area contributed by atoms with Gasteiger partial charge in [0.2, 0.25) is 11.8 Å². The summed E-state index contributed by atoms with van der Waals surface area (Å²) < 4.78 is 18.4. The lowest BCUT2D eigenvalue weighted by Gasteiger charge is -2.06. The molecule has 0 aliphatic carbocycles. The minimum atomic E-state index is -0.645. The topological polar surface area (TPSA) is 61.0 Å². The Bertz CT molecular complexity index is 519. The van der Waals surface area contributed by atoms with Crippen molar-refractivity contribution >= 4 is 17.5 Å². The van der Waals surface area contributed by atoms with Gasteiger partial charge in [0.1, 0.15) is 6.61 Å². The molecule has 4 nitrogen and oxygen atoms in total. The van der Waals surface area contributed by atoms with Gasteiger partial charge in [0, 0.05) is 5.02 Å². The molecule has 0 fully saturated rings. The summed E-state index contributed by atoms with van der Waals surface area (Å²) in [6, 6.07) is 7.02. The normalized spacial score (nSPS) is 10.2. The van der Waals surface area contributed by atoms with E-state index in [0.717, 1.165) is 11.8 Å². The van der Waals surface area contributed by atoms with Crippen LogP contribution in [0.3, 0.4) is 0 Å². The number of aromatic nitrogens is 2. The third-order valence-electron chi connectivity index (χ3n) is 2.02. The molecule has 0 spiro atoms. The van der Waals surface area contributed by atoms with Crippen molar-refractivity contribution in [2.75, 3.05) is 5.73 Å². The molecular formula is C11H9ClFN3O. The second-order valence-corrected chi connectivity index (χ2v) is 3.73. The van der Waals surface area contributed by atoms with Crippen molar-refractivity contribution in [3.63, 3.8) is 0 Å². The number of halogens is 2. The van der Waals surface area contributed by atoms with E-state index >= 15 is 0 Å². The number of nitrogens with zero attached hydrogens (tertiary/aromatic N) is 2. The van der Waals surface area contributed by atoms with Crippen LogP contribution in [0.1, 0.15) is 5.56 Å². The minimum absolute atomic E-state index is 0.0301. The standard InChI is InChI=1S/C11H9ClFN3O/c12-8-3-1-7(2-4-8)6-17-10-9(13)5-15-11(14)16-10/h1-5H,6H2,(H2,14,15,16). The molecule has 1 aromatic heterocycles. The monoisotopic (exact) mass is 253 g/mol. The molecule has 1 heterocycles. The van der Waals surface area contributed by atoms with Crippen LogP contribution in [0.4, 0.5) is 10.3 Å². The molecule has 0 atom stereocenters. The molecule has 0 saturated carbocycles. The number of hydrogen-bond donors (Lipinski definition) is 1. The summed E-state index contributed by atoms with van der Waals surface area (Å²) in [5, 5.41) is 0.631. The Kier molecular flexibility index (Phi) is 3.39. The van der Waals surface area contributed by atoms with Crippen LogP contribution in [0.25, 0.3) is 0 Å². The highest BCUT2D eigenvalue weighted by Gasteiger charge is 2.06. The zero-order valence-corrected chi connectivity index (χ0v) is 9.49. The number of anilines is 1. The van der Waals surface area contributed by atoms with Gasteiger partial charge in [0.25, 0.3) is 5.88 Å². The van der Waals surface area contributed by atoms with Crippen molar-refractivity contribution in [3.8, 4) is 5.88 Å². The summed E-state index contributed by atoms with van der Waals surface area (Å²) in [6.07, 6.45) is 0.972. The first-order chi connectivity index (χ1) is 8.15. The summed E-state index contributed by atoms with van der Waals surface area (Å²) >= 11 is 5.74. The molecule has 1 aromatic carbocycles. The quantitative estimate of drug-likeness (QED) is 0.913. The lowest BCUT2D eigenvalue weighted by Crippen LogP contribution is -2.03. The highest BCUT2D eigenvalue weighted by Crippen LogP contribution is 2.16. The van der Waals surface area contributed by atoms with Gasteiger partial charge in [-0.25, -0.2) is 4.98 Å². The van der Waals surface area contributed by atoms with E-state index in [1.54, 1.807) is 24.3 Å². The van der Waals surface area contributed by atoms with E-state index in [2.05, 4.69) is 9.97 Å². The van der Waals surface area contributed by atoms with Gasteiger partial charge in [-0.3, -0.25) is 0 Å². The first-order valence-electron chi connectivity index (χ1n) is 4.80. The maximum absolute atomic E-state index is 13.2. The van der Waals surface area contributed by atoms with Crippen LogP contribution in [0.5, 0.6) is 5.88 Å². The number of nitrogens with two attached hydrogens (primary N) is 1. The van der Waals surface area contributed by atoms with Crippen molar-refractivity contribution in [3.05, 3.63) is 46.9 Å². The van der Waals surface area contributed by atoms with Crippen molar-refractivity contribution in [2.45, 2.75) is 6.61 Å². The van der Waals surface area contributed by atoms with Gasteiger partial charge in [-0.05, 0) is 17.7 Å². The number of nitrogen functional groups attached to an aromatic ring is 1. The second kappa shape index (κ2) is 4.97. The van der Waals surface area contributed by atoms with Crippen LogP contribution in [0.2, 0.25) is 5.02 Å². The first-order valence-corrected chi connectivity index (χ1v) is 5.18. The fourth-order valence-electron chi connectivity index (χ4n) is 1.20. The van der Waals surface area contributed by atoms with Crippen molar-refractivity contribution in [2.24, 2.45) is 0 Å². The largest absolute Gasteiger partial charge is 0.471 e. The summed E-state index contributed by atoms with van der Waals surface area (Å²) in [5.74, 6) is -0.835. The van der Waals surface area contributed by atoms with E-state index < -0.39 is 5.82 Å². The third kappa shape index (κ3) is 3.04. The fraction of sp³-hybridized carbons (Fsp3) is 0.0909. The van der Waals surface area contributed by atoms with Crippen molar-refractivity contribution < 1.29 is 9.13 Å². The molecule has 17 heavy (non-hydrogen) atoms. The average Bonchev–Trinajstić information content (AvgIpc) is 2.32. The summed E-state index contributed by atoms with van der Waals surface area (Å²) in [6.45, 7) is 0.185. The number of rotatable bonds is 3. The Labute approximate surface area is 102 Å². The van der Waals surface area contributed by atoms with E-state index in [9.17, 15) is 4.39 Å². The van der Waals surface area contributed by atoms with Crippen molar-refractivity contribution in [1.29, 1.82) is 0 Å². The van der Waals surface area contributed by atoms with E-state index in [-0.39, 0.29) is 18.4 Å². The molecule has 2 aromatic rings. The first kappa shape index (κ1) is 11.6. The molecule has 88 valence electrons. The van der Waals surface area contributed by atoms with E-state index in [1.807, 2.05) is 0 Å². The Hall–Kier alpha value is -1.88. The molecule has 0 bridgehead atoms. The number of ether oxygens (including phenoxy) is 1. The molecule has 2 rings (SSSR count). The van der Waals surface area contributed by atoms with Gasteiger partial charge < -0.3 is 10.5 Å². The van der Waals surface area contributed by atoms with Gasteiger partial charge in [0.05, 0.1) is 6.20 Å². The van der Waals surface area contributed by atoms with Crippen LogP contribution in [-0.4, -0.2) is 9.97 Å². The third-order valence-corrected chi connectivity index (χ3v) is 2.27. The molecule has 2 N–H and O–H groups in total. The van der Waals surface area contributed by atoms with Gasteiger partial charge >= 0.3 is 0 Å². The molecule has 0 amide bonds. The van der Waals surface area contributed by atoms with Crippen LogP contribution >= 0.6 is 11.6 Å². The second-order valence-electron chi connectivity index (χ2n) is 3.30. The van der Waals surface area contributed by atoms with Crippen LogP contribution in [0.15, 0.2) is 30.5 Å². The predicted molar refractivity (Wildman–Crippen MR) is 62.2 cm³/mol. The minimum Gasteiger partial charge on any atom is -0.471 e. The molecule has 0 unspecified atom stereocenters. The summed E-state index contributed by atoms with van der Waals surface area (Å²) in [7, 11) is 0. The zero-order chi connectivity index (χ0) is 12.3. The molecule has 0 saturated heterocycles. The van der Waals surface area contributed by atoms with E-state index in [1.165, 1.54) is 0 Å². The maximum Gasteiger partial charge on any atom is 0.255 e. The Balaban J connectivity index is 2.07. The molecule has 0 aliphatic heterocycles. The zero-order valence-electron chi connectivity index (χ0n) is 8.73. The number of benzene rings is 1. The Morgan fingerprint density at radius 1 is 1.29 bits per heavy atom. The van der Waals surface area contributed by atoms with Crippen LogP contribution in [0, 0.1) is 5.82 Å². The molecule has 0 radical (unpaired) electrons.